The third kappa shape index (κ3) is 3.13. The molecule has 0 aromatic heterocycles. The molecule has 1 unspecified atom stereocenters. The van der Waals surface area contributed by atoms with E-state index in [2.05, 4.69) is 26.6 Å². The van der Waals surface area contributed by atoms with E-state index < -0.39 is 0 Å². The molecule has 1 heterocycles. The fourth-order valence-corrected chi connectivity index (χ4v) is 2.43. The molecule has 0 saturated carbocycles. The van der Waals surface area contributed by atoms with Gasteiger partial charge in [0.05, 0.1) is 15.2 Å². The number of hydrogen-bond acceptors (Lipinski definition) is 2. The van der Waals surface area contributed by atoms with E-state index >= 15 is 0 Å². The highest BCUT2D eigenvalue weighted by molar-refractivity contribution is 9.10. The van der Waals surface area contributed by atoms with Crippen molar-refractivity contribution in [2.24, 2.45) is 0 Å². The zero-order chi connectivity index (χ0) is 12.3. The van der Waals surface area contributed by atoms with Gasteiger partial charge in [0.2, 0.25) is 5.91 Å². The van der Waals surface area contributed by atoms with Crippen molar-refractivity contribution in [1.82, 2.24) is 5.32 Å². The lowest BCUT2D eigenvalue weighted by atomic mass is 10.1. The standard InChI is InChI=1S/C12H14BrClN2O/c13-11-8(14)4-3-6-9(11)16-10-5-1-2-7-15-12(10)17/h3-4,6,10,16H,1-2,5,7H2,(H,15,17). The lowest BCUT2D eigenvalue weighted by Crippen LogP contribution is -2.37. The Hall–Kier alpha value is -0.740. The highest BCUT2D eigenvalue weighted by Crippen LogP contribution is 2.30. The van der Waals surface area contributed by atoms with Crippen LogP contribution in [0.15, 0.2) is 22.7 Å². The van der Waals surface area contributed by atoms with Crippen LogP contribution >= 0.6 is 27.5 Å². The molecule has 1 aliphatic heterocycles. The zero-order valence-corrected chi connectivity index (χ0v) is 11.6. The summed E-state index contributed by atoms with van der Waals surface area (Å²) in [4.78, 5) is 11.8. The van der Waals surface area contributed by atoms with Crippen LogP contribution in [0.5, 0.6) is 0 Å². The van der Waals surface area contributed by atoms with Crippen molar-refractivity contribution in [1.29, 1.82) is 0 Å². The Labute approximate surface area is 114 Å². The Balaban J connectivity index is 2.13. The van der Waals surface area contributed by atoms with Crippen LogP contribution in [0.25, 0.3) is 0 Å². The smallest absolute Gasteiger partial charge is 0.242 e. The molecule has 0 spiro atoms. The molecule has 17 heavy (non-hydrogen) atoms. The molecule has 1 aromatic carbocycles. The monoisotopic (exact) mass is 316 g/mol. The first-order valence-electron chi connectivity index (χ1n) is 5.67. The van der Waals surface area contributed by atoms with Crippen LogP contribution in [0, 0.1) is 0 Å². The van der Waals surface area contributed by atoms with Gasteiger partial charge in [-0.1, -0.05) is 17.7 Å². The summed E-state index contributed by atoms with van der Waals surface area (Å²) in [6.07, 6.45) is 2.94. The molecule has 1 saturated heterocycles. The summed E-state index contributed by atoms with van der Waals surface area (Å²) in [7, 11) is 0. The Bertz CT molecular complexity index is 425. The minimum absolute atomic E-state index is 0.0642. The molecule has 1 fully saturated rings. The van der Waals surface area contributed by atoms with Crippen molar-refractivity contribution >= 4 is 39.1 Å². The van der Waals surface area contributed by atoms with E-state index in [4.69, 9.17) is 11.6 Å². The predicted octanol–water partition coefficient (Wildman–Crippen LogP) is 3.18. The fourth-order valence-electron chi connectivity index (χ4n) is 1.88. The Morgan fingerprint density at radius 2 is 2.24 bits per heavy atom. The lowest BCUT2D eigenvalue weighted by molar-refractivity contribution is -0.121. The first-order chi connectivity index (χ1) is 8.18. The van der Waals surface area contributed by atoms with Crippen molar-refractivity contribution in [2.75, 3.05) is 11.9 Å². The van der Waals surface area contributed by atoms with Crippen molar-refractivity contribution in [3.63, 3.8) is 0 Å². The number of carbonyl (C=O) groups is 1. The quantitative estimate of drug-likeness (QED) is 0.879. The Kier molecular flexibility index (Phi) is 4.29. The zero-order valence-electron chi connectivity index (χ0n) is 9.30. The van der Waals surface area contributed by atoms with E-state index in [1.165, 1.54) is 0 Å². The van der Waals surface area contributed by atoms with Crippen LogP contribution < -0.4 is 10.6 Å². The number of halogens is 2. The molecule has 5 heteroatoms. The number of benzene rings is 1. The second-order valence-corrected chi connectivity index (χ2v) is 5.29. The summed E-state index contributed by atoms with van der Waals surface area (Å²) in [5.41, 5.74) is 0.861. The van der Waals surface area contributed by atoms with Gasteiger partial charge >= 0.3 is 0 Å². The van der Waals surface area contributed by atoms with Gasteiger partial charge in [0, 0.05) is 6.54 Å². The number of nitrogens with one attached hydrogen (secondary N) is 2. The number of hydrogen-bond donors (Lipinski definition) is 2. The molecule has 0 aliphatic carbocycles. The third-order valence-corrected chi connectivity index (χ3v) is 4.21. The average molecular weight is 318 g/mol. The van der Waals surface area contributed by atoms with Gasteiger partial charge in [-0.25, -0.2) is 0 Å². The van der Waals surface area contributed by atoms with Crippen LogP contribution in [0.1, 0.15) is 19.3 Å². The molecule has 0 bridgehead atoms. The molecule has 1 aromatic rings. The van der Waals surface area contributed by atoms with Crippen LogP contribution in [0.4, 0.5) is 5.69 Å². The van der Waals surface area contributed by atoms with E-state index in [1.54, 1.807) is 0 Å². The Morgan fingerprint density at radius 1 is 1.41 bits per heavy atom. The van der Waals surface area contributed by atoms with Gasteiger partial charge < -0.3 is 10.6 Å². The van der Waals surface area contributed by atoms with Gasteiger partial charge in [-0.05, 0) is 47.3 Å². The van der Waals surface area contributed by atoms with E-state index in [-0.39, 0.29) is 11.9 Å². The molecule has 1 aliphatic rings. The maximum atomic E-state index is 11.8. The summed E-state index contributed by atoms with van der Waals surface area (Å²) in [5.74, 6) is 0.0642. The van der Waals surface area contributed by atoms with Gasteiger partial charge in [-0.2, -0.15) is 0 Å². The molecule has 2 N–H and O–H groups in total. The number of amides is 1. The van der Waals surface area contributed by atoms with Gasteiger partial charge in [0.1, 0.15) is 6.04 Å². The molecule has 2 rings (SSSR count). The highest BCUT2D eigenvalue weighted by Gasteiger charge is 2.21. The lowest BCUT2D eigenvalue weighted by Gasteiger charge is -2.17. The largest absolute Gasteiger partial charge is 0.373 e. The van der Waals surface area contributed by atoms with Crippen molar-refractivity contribution in [3.05, 3.63) is 27.7 Å². The van der Waals surface area contributed by atoms with E-state index in [9.17, 15) is 4.79 Å². The summed E-state index contributed by atoms with van der Waals surface area (Å²) in [6, 6.07) is 5.41. The minimum atomic E-state index is -0.174. The van der Waals surface area contributed by atoms with Crippen LogP contribution in [0.3, 0.4) is 0 Å². The molecule has 92 valence electrons. The first kappa shape index (κ1) is 12.7. The SMILES string of the molecule is O=C1NCCCCC1Nc1cccc(Cl)c1Br. The fraction of sp³-hybridized carbons (Fsp3) is 0.417. The highest BCUT2D eigenvalue weighted by atomic mass is 79.9. The molecule has 0 radical (unpaired) electrons. The Morgan fingerprint density at radius 3 is 3.06 bits per heavy atom. The molecular weight excluding hydrogens is 304 g/mol. The maximum absolute atomic E-state index is 11.8. The number of rotatable bonds is 2. The van der Waals surface area contributed by atoms with Crippen molar-refractivity contribution in [2.45, 2.75) is 25.3 Å². The van der Waals surface area contributed by atoms with Gasteiger partial charge in [0.25, 0.3) is 0 Å². The maximum Gasteiger partial charge on any atom is 0.242 e. The van der Waals surface area contributed by atoms with Gasteiger partial charge in [-0.15, -0.1) is 0 Å². The number of carbonyl (C=O) groups excluding carboxylic acids is 1. The van der Waals surface area contributed by atoms with E-state index in [0.29, 0.717) is 5.02 Å². The third-order valence-electron chi connectivity index (χ3n) is 2.82. The topological polar surface area (TPSA) is 41.1 Å². The van der Waals surface area contributed by atoms with E-state index in [0.717, 1.165) is 36.0 Å². The number of anilines is 1. The van der Waals surface area contributed by atoms with Crippen LogP contribution in [-0.2, 0) is 4.79 Å². The second kappa shape index (κ2) is 5.74. The molecule has 1 amide bonds. The predicted molar refractivity (Wildman–Crippen MR) is 73.4 cm³/mol. The molecule has 1 atom stereocenters. The van der Waals surface area contributed by atoms with Crippen LogP contribution in [0.2, 0.25) is 5.02 Å². The molecular formula is C12H14BrClN2O. The summed E-state index contributed by atoms with van der Waals surface area (Å²) >= 11 is 9.43. The van der Waals surface area contributed by atoms with Crippen molar-refractivity contribution in [3.8, 4) is 0 Å². The van der Waals surface area contributed by atoms with Gasteiger partial charge in [0.15, 0.2) is 0 Å². The van der Waals surface area contributed by atoms with Crippen molar-refractivity contribution < 1.29 is 4.79 Å². The normalized spacial score (nSPS) is 20.6. The first-order valence-corrected chi connectivity index (χ1v) is 6.84. The summed E-state index contributed by atoms with van der Waals surface area (Å²) < 4.78 is 0.804. The summed E-state index contributed by atoms with van der Waals surface area (Å²) in [6.45, 7) is 0.772. The summed E-state index contributed by atoms with van der Waals surface area (Å²) in [5, 5.41) is 6.78. The second-order valence-electron chi connectivity index (χ2n) is 4.09. The minimum Gasteiger partial charge on any atom is -0.373 e. The van der Waals surface area contributed by atoms with Gasteiger partial charge in [-0.3, -0.25) is 4.79 Å². The van der Waals surface area contributed by atoms with E-state index in [1.807, 2.05) is 18.2 Å². The molecule has 3 nitrogen and oxygen atoms in total. The average Bonchev–Trinajstić information content (AvgIpc) is 2.51. The van der Waals surface area contributed by atoms with Crippen LogP contribution in [-0.4, -0.2) is 18.5 Å².